The maximum atomic E-state index is 13.4. The van der Waals surface area contributed by atoms with Gasteiger partial charge in [0.2, 0.25) is 10.0 Å². The van der Waals surface area contributed by atoms with Crippen molar-refractivity contribution in [3.8, 4) is 0 Å². The molecule has 0 unspecified atom stereocenters. The Labute approximate surface area is 167 Å². The Bertz CT molecular complexity index is 994. The van der Waals surface area contributed by atoms with Crippen LogP contribution in [0.4, 0.5) is 0 Å². The summed E-state index contributed by atoms with van der Waals surface area (Å²) >= 11 is 0. The third-order valence-corrected chi connectivity index (χ3v) is 6.56. The molecule has 5 nitrogen and oxygen atoms in total. The van der Waals surface area contributed by atoms with E-state index in [4.69, 9.17) is 0 Å². The molecule has 0 spiro atoms. The number of nitrogens with zero attached hydrogens (tertiary/aromatic N) is 3. The Morgan fingerprint density at radius 3 is 2.18 bits per heavy atom. The van der Waals surface area contributed by atoms with Gasteiger partial charge < -0.3 is 0 Å². The van der Waals surface area contributed by atoms with Crippen LogP contribution in [0, 0.1) is 0 Å². The summed E-state index contributed by atoms with van der Waals surface area (Å²) in [4.78, 5) is 0.315. The highest BCUT2D eigenvalue weighted by Crippen LogP contribution is 2.23. The number of sulfonamides is 1. The quantitative estimate of drug-likeness (QED) is 0.565. The Morgan fingerprint density at radius 1 is 0.964 bits per heavy atom. The number of aryl methyl sites for hydroxylation is 1. The predicted molar refractivity (Wildman–Crippen MR) is 111 cm³/mol. The normalized spacial score (nSPS) is 12.0. The predicted octanol–water partition coefficient (Wildman–Crippen LogP) is 4.42. The van der Waals surface area contributed by atoms with Gasteiger partial charge >= 0.3 is 0 Å². The minimum Gasteiger partial charge on any atom is -0.273 e. The average molecular weight is 398 g/mol. The average Bonchev–Trinajstić information content (AvgIpc) is 3.16. The summed E-state index contributed by atoms with van der Waals surface area (Å²) in [5, 5.41) is 4.28. The number of benzene rings is 2. The molecular weight excluding hydrogens is 370 g/mol. The largest absolute Gasteiger partial charge is 0.273 e. The van der Waals surface area contributed by atoms with Crippen molar-refractivity contribution in [3.63, 3.8) is 0 Å². The summed E-state index contributed by atoms with van der Waals surface area (Å²) < 4.78 is 30.1. The van der Waals surface area contributed by atoms with E-state index in [0.717, 1.165) is 23.2 Å². The van der Waals surface area contributed by atoms with Gasteiger partial charge in [-0.25, -0.2) is 8.42 Å². The van der Waals surface area contributed by atoms with Crippen LogP contribution in [-0.4, -0.2) is 22.5 Å². The molecule has 0 radical (unpaired) electrons. The highest BCUT2D eigenvalue weighted by atomic mass is 32.2. The first-order valence-corrected chi connectivity index (χ1v) is 11.0. The molecule has 148 valence electrons. The Balaban J connectivity index is 1.93. The van der Waals surface area contributed by atoms with Crippen LogP contribution in [0.5, 0.6) is 0 Å². The van der Waals surface area contributed by atoms with E-state index in [1.54, 1.807) is 23.0 Å². The molecule has 0 aliphatic heterocycles. The summed E-state index contributed by atoms with van der Waals surface area (Å²) in [6.07, 6.45) is 3.63. The summed E-state index contributed by atoms with van der Waals surface area (Å²) in [6.45, 7) is 7.54. The third-order valence-electron chi connectivity index (χ3n) is 4.76. The van der Waals surface area contributed by atoms with Gasteiger partial charge in [-0.2, -0.15) is 9.40 Å². The lowest BCUT2D eigenvalue weighted by Gasteiger charge is -2.22. The van der Waals surface area contributed by atoms with E-state index in [2.05, 4.69) is 18.9 Å². The lowest BCUT2D eigenvalue weighted by molar-refractivity contribution is 0.401. The molecule has 6 heteroatoms. The summed E-state index contributed by atoms with van der Waals surface area (Å²) in [7, 11) is -3.64. The standard InChI is InChI=1S/C22H27N3O2S/c1-4-24-15-20(14-23-24)17-25(16-19-8-6-5-7-9-19)28(26,27)22-12-10-21(11-13-22)18(2)3/h5-15,18H,4,16-17H2,1-3H3. The number of hydrogen-bond acceptors (Lipinski definition) is 3. The van der Waals surface area contributed by atoms with Crippen molar-refractivity contribution in [1.29, 1.82) is 0 Å². The maximum Gasteiger partial charge on any atom is 0.243 e. The lowest BCUT2D eigenvalue weighted by atomic mass is 10.0. The molecule has 0 fully saturated rings. The van der Waals surface area contributed by atoms with Crippen LogP contribution < -0.4 is 0 Å². The fourth-order valence-electron chi connectivity index (χ4n) is 3.05. The van der Waals surface area contributed by atoms with Gasteiger partial charge in [-0.05, 0) is 36.1 Å². The van der Waals surface area contributed by atoms with Crippen molar-refractivity contribution in [3.05, 3.63) is 83.7 Å². The van der Waals surface area contributed by atoms with Gasteiger partial charge in [0.15, 0.2) is 0 Å². The van der Waals surface area contributed by atoms with Crippen LogP contribution in [0.3, 0.4) is 0 Å². The molecule has 28 heavy (non-hydrogen) atoms. The molecule has 0 bridgehead atoms. The van der Waals surface area contributed by atoms with Gasteiger partial charge in [-0.1, -0.05) is 56.3 Å². The van der Waals surface area contributed by atoms with Crippen LogP contribution in [0.25, 0.3) is 0 Å². The first-order valence-electron chi connectivity index (χ1n) is 9.55. The monoisotopic (exact) mass is 397 g/mol. The minimum absolute atomic E-state index is 0.281. The molecule has 0 N–H and O–H groups in total. The number of hydrogen-bond donors (Lipinski definition) is 0. The molecule has 1 aromatic heterocycles. The van der Waals surface area contributed by atoms with Crippen molar-refractivity contribution < 1.29 is 8.42 Å². The second-order valence-electron chi connectivity index (χ2n) is 7.19. The maximum absolute atomic E-state index is 13.4. The summed E-state index contributed by atoms with van der Waals surface area (Å²) in [5.41, 5.74) is 2.95. The van der Waals surface area contributed by atoms with Crippen LogP contribution in [0.15, 0.2) is 71.9 Å². The van der Waals surface area contributed by atoms with Crippen molar-refractivity contribution >= 4 is 10.0 Å². The summed E-state index contributed by atoms with van der Waals surface area (Å²) in [6, 6.07) is 16.9. The second-order valence-corrected chi connectivity index (χ2v) is 9.12. The highest BCUT2D eigenvalue weighted by molar-refractivity contribution is 7.89. The molecular formula is C22H27N3O2S. The zero-order valence-electron chi connectivity index (χ0n) is 16.6. The van der Waals surface area contributed by atoms with E-state index >= 15 is 0 Å². The molecule has 0 atom stereocenters. The van der Waals surface area contributed by atoms with Gasteiger partial charge in [-0.15, -0.1) is 0 Å². The van der Waals surface area contributed by atoms with Gasteiger partial charge in [-0.3, -0.25) is 4.68 Å². The molecule has 0 aliphatic carbocycles. The third kappa shape index (κ3) is 4.69. The fourth-order valence-corrected chi connectivity index (χ4v) is 4.47. The highest BCUT2D eigenvalue weighted by Gasteiger charge is 2.25. The van der Waals surface area contributed by atoms with Gasteiger partial charge in [0.25, 0.3) is 0 Å². The van der Waals surface area contributed by atoms with E-state index in [1.807, 2.05) is 55.6 Å². The van der Waals surface area contributed by atoms with E-state index in [9.17, 15) is 8.42 Å². The zero-order valence-corrected chi connectivity index (χ0v) is 17.4. The molecule has 0 amide bonds. The van der Waals surface area contributed by atoms with Crippen LogP contribution >= 0.6 is 0 Å². The van der Waals surface area contributed by atoms with Gasteiger partial charge in [0.05, 0.1) is 11.1 Å². The van der Waals surface area contributed by atoms with Crippen LogP contribution in [0.2, 0.25) is 0 Å². The Morgan fingerprint density at radius 2 is 1.61 bits per heavy atom. The Kier molecular flexibility index (Phi) is 6.31. The first kappa shape index (κ1) is 20.3. The SMILES string of the molecule is CCn1cc(CN(Cc2ccccc2)S(=O)(=O)c2ccc(C(C)C)cc2)cn1. The number of aromatic nitrogens is 2. The number of rotatable bonds is 8. The van der Waals surface area contributed by atoms with E-state index in [0.29, 0.717) is 17.4 Å². The van der Waals surface area contributed by atoms with E-state index in [-0.39, 0.29) is 6.54 Å². The van der Waals surface area contributed by atoms with Crippen LogP contribution in [0.1, 0.15) is 43.4 Å². The van der Waals surface area contributed by atoms with Gasteiger partial charge in [0, 0.05) is 31.4 Å². The zero-order chi connectivity index (χ0) is 20.1. The van der Waals surface area contributed by atoms with E-state index < -0.39 is 10.0 Å². The summed E-state index contributed by atoms with van der Waals surface area (Å²) in [5.74, 6) is 0.358. The smallest absolute Gasteiger partial charge is 0.243 e. The molecule has 1 heterocycles. The fraction of sp³-hybridized carbons (Fsp3) is 0.318. The van der Waals surface area contributed by atoms with E-state index in [1.165, 1.54) is 4.31 Å². The van der Waals surface area contributed by atoms with Crippen molar-refractivity contribution in [2.75, 3.05) is 0 Å². The molecule has 0 saturated carbocycles. The molecule has 2 aromatic carbocycles. The second kappa shape index (κ2) is 8.71. The molecule has 0 aliphatic rings. The van der Waals surface area contributed by atoms with Gasteiger partial charge in [0.1, 0.15) is 0 Å². The Hall–Kier alpha value is -2.44. The van der Waals surface area contributed by atoms with Crippen molar-refractivity contribution in [2.24, 2.45) is 0 Å². The van der Waals surface area contributed by atoms with Crippen molar-refractivity contribution in [2.45, 2.75) is 51.2 Å². The topological polar surface area (TPSA) is 55.2 Å². The van der Waals surface area contributed by atoms with Crippen LogP contribution in [-0.2, 0) is 29.7 Å². The minimum atomic E-state index is -3.64. The first-order chi connectivity index (χ1) is 13.4. The van der Waals surface area contributed by atoms with Crippen molar-refractivity contribution in [1.82, 2.24) is 14.1 Å². The molecule has 3 aromatic rings. The molecule has 0 saturated heterocycles. The molecule has 3 rings (SSSR count). The lowest BCUT2D eigenvalue weighted by Crippen LogP contribution is -2.30.